The Hall–Kier alpha value is -1.78. The van der Waals surface area contributed by atoms with Gasteiger partial charge in [0.05, 0.1) is 17.3 Å². The van der Waals surface area contributed by atoms with Crippen LogP contribution in [0.2, 0.25) is 0 Å². The van der Waals surface area contributed by atoms with Crippen molar-refractivity contribution in [3.63, 3.8) is 0 Å². The summed E-state index contributed by atoms with van der Waals surface area (Å²) in [5, 5.41) is 14.1. The third kappa shape index (κ3) is 3.12. The molecule has 0 unspecified atom stereocenters. The van der Waals surface area contributed by atoms with Crippen LogP contribution in [0.25, 0.3) is 10.2 Å². The third-order valence-electron chi connectivity index (χ3n) is 3.07. The Kier molecular flexibility index (Phi) is 4.70. The van der Waals surface area contributed by atoms with Gasteiger partial charge in [0.1, 0.15) is 5.40 Å². The minimum absolute atomic E-state index is 0.277. The lowest BCUT2D eigenvalue weighted by Crippen LogP contribution is -2.10. The Labute approximate surface area is 131 Å². The van der Waals surface area contributed by atoms with Crippen LogP contribution in [0.15, 0.2) is 11.0 Å². The fourth-order valence-corrected chi connectivity index (χ4v) is 3.58. The predicted molar refractivity (Wildman–Crippen MR) is 85.9 cm³/mol. The second kappa shape index (κ2) is 6.33. The number of hydrogen-bond donors (Lipinski definition) is 1. The Morgan fingerprint density at radius 1 is 1.57 bits per heavy atom. The fraction of sp³-hybridized carbons (Fsp3) is 0.357. The number of nitriles is 1. The molecule has 7 heteroatoms. The molecule has 1 aromatic heterocycles. The second-order valence-corrected chi connectivity index (χ2v) is 6.58. The molecular formula is C14H15N3O2S2. The van der Waals surface area contributed by atoms with Crippen molar-refractivity contribution in [2.75, 3.05) is 12.4 Å². The number of hydrogen-bond acceptors (Lipinski definition) is 6. The topological polar surface area (TPSA) is 75.0 Å². The Balaban J connectivity index is 2.62. The lowest BCUT2D eigenvalue weighted by Gasteiger charge is -2.10. The summed E-state index contributed by atoms with van der Waals surface area (Å²) in [4.78, 5) is 16.7. The summed E-state index contributed by atoms with van der Waals surface area (Å²) in [6.45, 7) is 6.13. The van der Waals surface area contributed by atoms with E-state index in [1.54, 1.807) is 0 Å². The summed E-state index contributed by atoms with van der Waals surface area (Å²) < 4.78 is 5.58. The number of methoxy groups -OCH3 is 1. The third-order valence-corrected chi connectivity index (χ3v) is 4.89. The van der Waals surface area contributed by atoms with Gasteiger partial charge in [-0.25, -0.2) is 9.78 Å². The lowest BCUT2D eigenvalue weighted by molar-refractivity contribution is 0.187. The monoisotopic (exact) mass is 321 g/mol. The van der Waals surface area contributed by atoms with Crippen LogP contribution in [0.3, 0.4) is 0 Å². The number of carbonyl (C=O) groups excluding carboxylic acids is 1. The van der Waals surface area contributed by atoms with Crippen LogP contribution in [-0.2, 0) is 4.74 Å². The predicted octanol–water partition coefficient (Wildman–Crippen LogP) is 4.48. The van der Waals surface area contributed by atoms with Gasteiger partial charge >= 0.3 is 6.09 Å². The summed E-state index contributed by atoms with van der Waals surface area (Å²) >= 11 is 2.54. The first kappa shape index (κ1) is 15.6. The van der Waals surface area contributed by atoms with Gasteiger partial charge in [-0.1, -0.05) is 25.2 Å². The van der Waals surface area contributed by atoms with Gasteiger partial charge in [-0.3, -0.25) is 5.32 Å². The molecule has 1 aromatic carbocycles. The maximum Gasteiger partial charge on any atom is 0.413 e. The molecule has 0 aliphatic heterocycles. The number of anilines is 1. The fourth-order valence-electron chi connectivity index (χ4n) is 1.99. The number of thioether (sulfide) groups is 1. The molecule has 1 N–H and O–H groups in total. The van der Waals surface area contributed by atoms with Crippen molar-refractivity contribution in [3.8, 4) is 5.40 Å². The Morgan fingerprint density at radius 3 is 2.86 bits per heavy atom. The highest BCUT2D eigenvalue weighted by Crippen LogP contribution is 2.39. The highest BCUT2D eigenvalue weighted by Gasteiger charge is 2.17. The SMILES string of the molecule is COC(=O)Nc1nc2c(C(C)C)cc(SC#N)c(C)c2s1. The summed E-state index contributed by atoms with van der Waals surface area (Å²) in [6.07, 6.45) is -0.538. The summed E-state index contributed by atoms with van der Waals surface area (Å²) in [5.41, 5.74) is 2.96. The molecule has 1 amide bonds. The molecule has 0 saturated heterocycles. The lowest BCUT2D eigenvalue weighted by atomic mass is 10.0. The number of fused-ring (bicyclic) bond motifs is 1. The number of aryl methyl sites for hydroxylation is 1. The molecule has 0 aliphatic rings. The van der Waals surface area contributed by atoms with Crippen molar-refractivity contribution in [1.82, 2.24) is 4.98 Å². The van der Waals surface area contributed by atoms with Crippen molar-refractivity contribution in [1.29, 1.82) is 5.26 Å². The number of amides is 1. The average molecular weight is 321 g/mol. The van der Waals surface area contributed by atoms with Crippen LogP contribution in [0.4, 0.5) is 9.93 Å². The van der Waals surface area contributed by atoms with Crippen molar-refractivity contribution in [2.45, 2.75) is 31.6 Å². The van der Waals surface area contributed by atoms with E-state index >= 15 is 0 Å². The van der Waals surface area contributed by atoms with E-state index in [9.17, 15) is 4.79 Å². The summed E-state index contributed by atoms with van der Waals surface area (Å²) in [6, 6.07) is 2.01. The molecule has 2 rings (SSSR count). The molecule has 0 spiro atoms. The number of carbonyl (C=O) groups is 1. The van der Waals surface area contributed by atoms with Crippen molar-refractivity contribution >= 4 is 44.5 Å². The molecule has 1 heterocycles. The van der Waals surface area contributed by atoms with Gasteiger partial charge in [0.25, 0.3) is 0 Å². The first-order valence-electron chi connectivity index (χ1n) is 6.32. The Bertz CT molecular complexity index is 732. The number of nitrogens with zero attached hydrogens (tertiary/aromatic N) is 2. The largest absolute Gasteiger partial charge is 0.453 e. The van der Waals surface area contributed by atoms with Crippen LogP contribution >= 0.6 is 23.1 Å². The molecule has 0 fully saturated rings. The molecule has 0 bridgehead atoms. The minimum atomic E-state index is -0.538. The van der Waals surface area contributed by atoms with E-state index in [1.807, 2.05) is 13.0 Å². The number of rotatable bonds is 3. The van der Waals surface area contributed by atoms with E-state index in [-0.39, 0.29) is 5.92 Å². The number of ether oxygens (including phenoxy) is 1. The van der Waals surface area contributed by atoms with Crippen molar-refractivity contribution in [3.05, 3.63) is 17.2 Å². The maximum atomic E-state index is 11.3. The smallest absolute Gasteiger partial charge is 0.413 e. The van der Waals surface area contributed by atoms with E-state index in [0.29, 0.717) is 5.13 Å². The minimum Gasteiger partial charge on any atom is -0.453 e. The standard InChI is InChI=1S/C14H15N3O2S2/c1-7(2)9-5-10(20-6-15)8(3)12-11(9)16-13(21-12)17-14(18)19-4/h5,7H,1-4H3,(H,16,17,18). The van der Waals surface area contributed by atoms with E-state index in [2.05, 4.69) is 34.3 Å². The number of benzene rings is 1. The number of aromatic nitrogens is 1. The van der Waals surface area contributed by atoms with Gasteiger partial charge in [0, 0.05) is 4.90 Å². The van der Waals surface area contributed by atoms with Crippen LogP contribution in [-0.4, -0.2) is 18.2 Å². The quantitative estimate of drug-likeness (QED) is 0.666. The molecule has 0 radical (unpaired) electrons. The van der Waals surface area contributed by atoms with Gasteiger partial charge in [-0.15, -0.1) is 0 Å². The molecule has 110 valence electrons. The molecule has 0 atom stereocenters. The summed E-state index contributed by atoms with van der Waals surface area (Å²) in [5.74, 6) is 0.277. The van der Waals surface area contributed by atoms with Gasteiger partial charge < -0.3 is 4.74 Å². The van der Waals surface area contributed by atoms with Crippen LogP contribution in [0.5, 0.6) is 0 Å². The zero-order chi connectivity index (χ0) is 15.6. The first-order chi connectivity index (χ1) is 9.97. The first-order valence-corrected chi connectivity index (χ1v) is 7.96. The van der Waals surface area contributed by atoms with E-state index in [4.69, 9.17) is 5.26 Å². The number of thiocyanates is 1. The van der Waals surface area contributed by atoms with Crippen LogP contribution < -0.4 is 5.32 Å². The zero-order valence-electron chi connectivity index (χ0n) is 12.2. The molecule has 5 nitrogen and oxygen atoms in total. The molecule has 2 aromatic rings. The Morgan fingerprint density at radius 2 is 2.29 bits per heavy atom. The van der Waals surface area contributed by atoms with E-state index < -0.39 is 6.09 Å². The van der Waals surface area contributed by atoms with Gasteiger partial charge in [0.15, 0.2) is 5.13 Å². The van der Waals surface area contributed by atoms with E-state index in [1.165, 1.54) is 18.4 Å². The average Bonchev–Trinajstić information content (AvgIpc) is 2.85. The highest BCUT2D eigenvalue weighted by atomic mass is 32.2. The molecule has 21 heavy (non-hydrogen) atoms. The van der Waals surface area contributed by atoms with Crippen molar-refractivity contribution in [2.24, 2.45) is 0 Å². The van der Waals surface area contributed by atoms with Crippen LogP contribution in [0.1, 0.15) is 30.9 Å². The number of thiazole rings is 1. The number of nitrogens with one attached hydrogen (secondary N) is 1. The molecule has 0 aliphatic carbocycles. The highest BCUT2D eigenvalue weighted by molar-refractivity contribution is 8.03. The normalized spacial score (nSPS) is 10.7. The van der Waals surface area contributed by atoms with Gasteiger partial charge in [0.2, 0.25) is 0 Å². The van der Waals surface area contributed by atoms with Gasteiger partial charge in [-0.05, 0) is 41.8 Å². The van der Waals surface area contributed by atoms with Gasteiger partial charge in [-0.2, -0.15) is 5.26 Å². The zero-order valence-corrected chi connectivity index (χ0v) is 13.8. The second-order valence-electron chi connectivity index (χ2n) is 4.75. The van der Waals surface area contributed by atoms with Crippen LogP contribution in [0, 0.1) is 17.6 Å². The van der Waals surface area contributed by atoms with Crippen molar-refractivity contribution < 1.29 is 9.53 Å². The summed E-state index contributed by atoms with van der Waals surface area (Å²) in [7, 11) is 1.31. The van der Waals surface area contributed by atoms with E-state index in [0.717, 1.165) is 38.0 Å². The molecule has 0 saturated carbocycles. The molecular weight excluding hydrogens is 306 g/mol. The maximum absolute atomic E-state index is 11.3.